The van der Waals surface area contributed by atoms with Crippen molar-refractivity contribution >= 4 is 27.5 Å². The molecule has 8 heteroatoms. The molecule has 0 aliphatic carbocycles. The Morgan fingerprint density at radius 3 is 2.18 bits per heavy atom. The second-order valence-electron chi connectivity index (χ2n) is 9.05. The van der Waals surface area contributed by atoms with Crippen LogP contribution in [0.3, 0.4) is 0 Å². The Morgan fingerprint density at radius 1 is 0.971 bits per heavy atom. The van der Waals surface area contributed by atoms with Gasteiger partial charge in [0, 0.05) is 25.6 Å². The van der Waals surface area contributed by atoms with E-state index >= 15 is 0 Å². The van der Waals surface area contributed by atoms with Crippen molar-refractivity contribution in [2.45, 2.75) is 66.1 Å². The van der Waals surface area contributed by atoms with Crippen molar-refractivity contribution in [1.82, 2.24) is 10.2 Å². The number of hydrogen-bond donors (Lipinski definition) is 1. The van der Waals surface area contributed by atoms with Crippen LogP contribution in [0.5, 0.6) is 0 Å². The Kier molecular flexibility index (Phi) is 9.67. The number of carbonyl (C=O) groups excluding carboxylic acids is 2. The van der Waals surface area contributed by atoms with Crippen LogP contribution in [0.15, 0.2) is 48.5 Å². The van der Waals surface area contributed by atoms with E-state index in [4.69, 9.17) is 0 Å². The number of benzene rings is 2. The van der Waals surface area contributed by atoms with Crippen molar-refractivity contribution in [2.75, 3.05) is 17.1 Å². The molecule has 1 atom stereocenters. The molecule has 0 bridgehead atoms. The van der Waals surface area contributed by atoms with Gasteiger partial charge in [0.05, 0.1) is 11.9 Å². The summed E-state index contributed by atoms with van der Waals surface area (Å²) in [4.78, 5) is 27.4. The standard InChI is InChI=1S/C26H37N3O4S/c1-19(2)27-26(31)22(5)28(18-23-11-8-7-9-12-23)25(30)13-10-16-29(34(6,32)33)24-15-14-20(3)21(4)17-24/h7-9,11-12,14-15,17,19,22H,10,13,16,18H2,1-6H3,(H,27,31)/t22-/m0/s1. The van der Waals surface area contributed by atoms with Gasteiger partial charge in [-0.15, -0.1) is 0 Å². The van der Waals surface area contributed by atoms with Gasteiger partial charge in [0.2, 0.25) is 21.8 Å². The van der Waals surface area contributed by atoms with Crippen molar-refractivity contribution in [3.63, 3.8) is 0 Å². The second kappa shape index (κ2) is 12.0. The zero-order valence-corrected chi connectivity index (χ0v) is 21.9. The highest BCUT2D eigenvalue weighted by molar-refractivity contribution is 7.92. The van der Waals surface area contributed by atoms with Gasteiger partial charge in [-0.3, -0.25) is 13.9 Å². The van der Waals surface area contributed by atoms with Crippen molar-refractivity contribution in [3.8, 4) is 0 Å². The van der Waals surface area contributed by atoms with Crippen LogP contribution in [-0.4, -0.2) is 50.0 Å². The van der Waals surface area contributed by atoms with Crippen LogP contribution >= 0.6 is 0 Å². The average molecular weight is 488 g/mol. The van der Waals surface area contributed by atoms with Crippen LogP contribution in [0.2, 0.25) is 0 Å². The van der Waals surface area contributed by atoms with Crippen LogP contribution < -0.4 is 9.62 Å². The maximum atomic E-state index is 13.2. The summed E-state index contributed by atoms with van der Waals surface area (Å²) in [6.45, 7) is 9.87. The summed E-state index contributed by atoms with van der Waals surface area (Å²) in [5, 5.41) is 2.87. The van der Waals surface area contributed by atoms with Crippen molar-refractivity contribution in [3.05, 3.63) is 65.2 Å². The van der Waals surface area contributed by atoms with E-state index in [9.17, 15) is 18.0 Å². The monoisotopic (exact) mass is 487 g/mol. The first kappa shape index (κ1) is 27.4. The largest absolute Gasteiger partial charge is 0.352 e. The molecule has 0 spiro atoms. The third kappa shape index (κ3) is 7.87. The average Bonchev–Trinajstić information content (AvgIpc) is 2.76. The fourth-order valence-corrected chi connectivity index (χ4v) is 4.61. The quantitative estimate of drug-likeness (QED) is 0.522. The first-order valence-corrected chi connectivity index (χ1v) is 13.4. The number of nitrogens with one attached hydrogen (secondary N) is 1. The lowest BCUT2D eigenvalue weighted by Crippen LogP contribution is -2.49. The molecule has 0 fully saturated rings. The van der Waals surface area contributed by atoms with E-state index in [2.05, 4.69) is 5.32 Å². The molecule has 2 aromatic carbocycles. The van der Waals surface area contributed by atoms with Crippen LogP contribution in [-0.2, 0) is 26.2 Å². The lowest BCUT2D eigenvalue weighted by Gasteiger charge is -2.30. The van der Waals surface area contributed by atoms with E-state index in [0.29, 0.717) is 18.7 Å². The van der Waals surface area contributed by atoms with Crippen molar-refractivity contribution in [2.24, 2.45) is 0 Å². The third-order valence-electron chi connectivity index (χ3n) is 5.72. The van der Waals surface area contributed by atoms with E-state index in [1.54, 1.807) is 17.9 Å². The van der Waals surface area contributed by atoms with Crippen LogP contribution in [0.1, 0.15) is 50.3 Å². The number of rotatable bonds is 11. The minimum Gasteiger partial charge on any atom is -0.352 e. The summed E-state index contributed by atoms with van der Waals surface area (Å²) in [5.41, 5.74) is 3.59. The third-order valence-corrected chi connectivity index (χ3v) is 6.92. The number of aryl methyl sites for hydroxylation is 2. The highest BCUT2D eigenvalue weighted by Gasteiger charge is 2.27. The molecule has 7 nitrogen and oxygen atoms in total. The van der Waals surface area contributed by atoms with E-state index < -0.39 is 16.1 Å². The van der Waals surface area contributed by atoms with Gasteiger partial charge in [-0.1, -0.05) is 36.4 Å². The molecule has 186 valence electrons. The fourth-order valence-electron chi connectivity index (χ4n) is 3.65. The molecule has 0 radical (unpaired) electrons. The van der Waals surface area contributed by atoms with Gasteiger partial charge >= 0.3 is 0 Å². The van der Waals surface area contributed by atoms with E-state index in [0.717, 1.165) is 16.7 Å². The Hall–Kier alpha value is -2.87. The normalized spacial score (nSPS) is 12.3. The summed E-state index contributed by atoms with van der Waals surface area (Å²) in [5.74, 6) is -0.407. The predicted molar refractivity (Wildman–Crippen MR) is 137 cm³/mol. The summed E-state index contributed by atoms with van der Waals surface area (Å²) < 4.78 is 26.2. The minimum absolute atomic E-state index is 0.0371. The first-order valence-electron chi connectivity index (χ1n) is 11.6. The number of nitrogens with zero attached hydrogens (tertiary/aromatic N) is 2. The zero-order valence-electron chi connectivity index (χ0n) is 21.0. The number of sulfonamides is 1. The molecule has 1 N–H and O–H groups in total. The molecule has 0 heterocycles. The number of carbonyl (C=O) groups is 2. The van der Waals surface area contributed by atoms with Crippen LogP contribution in [0, 0.1) is 13.8 Å². The summed E-state index contributed by atoms with van der Waals surface area (Å²) >= 11 is 0. The first-order chi connectivity index (χ1) is 15.9. The molecule has 2 amide bonds. The Labute approximate surface area is 204 Å². The molecule has 0 aliphatic heterocycles. The fraction of sp³-hybridized carbons (Fsp3) is 0.462. The van der Waals surface area contributed by atoms with Crippen LogP contribution in [0.4, 0.5) is 5.69 Å². The van der Waals surface area contributed by atoms with Gasteiger partial charge in [-0.25, -0.2) is 8.42 Å². The molecule has 2 rings (SSSR count). The molecule has 2 aromatic rings. The maximum absolute atomic E-state index is 13.2. The van der Waals surface area contributed by atoms with Gasteiger partial charge in [0.1, 0.15) is 6.04 Å². The topological polar surface area (TPSA) is 86.8 Å². The van der Waals surface area contributed by atoms with Gasteiger partial charge in [0.15, 0.2) is 0 Å². The maximum Gasteiger partial charge on any atom is 0.242 e. The number of hydrogen-bond acceptors (Lipinski definition) is 4. The Balaban J connectivity index is 2.16. The van der Waals surface area contributed by atoms with E-state index in [-0.39, 0.29) is 30.8 Å². The highest BCUT2D eigenvalue weighted by atomic mass is 32.2. The summed E-state index contributed by atoms with van der Waals surface area (Å²) in [7, 11) is -3.51. The van der Waals surface area contributed by atoms with E-state index in [1.807, 2.05) is 70.2 Å². The van der Waals surface area contributed by atoms with Gasteiger partial charge in [0.25, 0.3) is 0 Å². The molecule has 0 saturated carbocycles. The molecule has 34 heavy (non-hydrogen) atoms. The summed E-state index contributed by atoms with van der Waals surface area (Å²) in [6, 6.07) is 14.3. The smallest absolute Gasteiger partial charge is 0.242 e. The lowest BCUT2D eigenvalue weighted by molar-refractivity contribution is -0.140. The van der Waals surface area contributed by atoms with Gasteiger partial charge in [-0.05, 0) is 69.9 Å². The second-order valence-corrected chi connectivity index (χ2v) is 11.0. The number of anilines is 1. The van der Waals surface area contributed by atoms with Crippen molar-refractivity contribution in [1.29, 1.82) is 0 Å². The summed E-state index contributed by atoms with van der Waals surface area (Å²) in [6.07, 6.45) is 1.63. The van der Waals surface area contributed by atoms with Crippen LogP contribution in [0.25, 0.3) is 0 Å². The minimum atomic E-state index is -3.51. The van der Waals surface area contributed by atoms with Crippen molar-refractivity contribution < 1.29 is 18.0 Å². The molecule has 0 aliphatic rings. The number of amides is 2. The zero-order chi connectivity index (χ0) is 25.5. The predicted octanol–water partition coefficient (Wildman–Crippen LogP) is 3.79. The van der Waals surface area contributed by atoms with Gasteiger partial charge in [-0.2, -0.15) is 0 Å². The van der Waals surface area contributed by atoms with E-state index in [1.165, 1.54) is 10.6 Å². The molecule has 0 unspecified atom stereocenters. The highest BCUT2D eigenvalue weighted by Crippen LogP contribution is 2.22. The van der Waals surface area contributed by atoms with Gasteiger partial charge < -0.3 is 10.2 Å². The Morgan fingerprint density at radius 2 is 1.62 bits per heavy atom. The lowest BCUT2D eigenvalue weighted by atomic mass is 10.1. The Bertz CT molecular complexity index is 1080. The molecular weight excluding hydrogens is 450 g/mol. The SMILES string of the molecule is Cc1ccc(N(CCCC(=O)N(Cc2ccccc2)[C@@H](C)C(=O)NC(C)C)S(C)(=O)=O)cc1C. The molecular formula is C26H37N3O4S. The molecule has 0 saturated heterocycles. The molecule has 0 aromatic heterocycles.